The number of ether oxygens (including phenoxy) is 1. The molecule has 0 aromatic heterocycles. The summed E-state index contributed by atoms with van der Waals surface area (Å²) in [6, 6.07) is 0.0585. The number of nitrogens with zero attached hydrogens (tertiary/aromatic N) is 1. The van der Waals surface area contributed by atoms with Crippen LogP contribution in [0.25, 0.3) is 0 Å². The van der Waals surface area contributed by atoms with E-state index < -0.39 is 5.54 Å². The highest BCUT2D eigenvalue weighted by Gasteiger charge is 2.37. The molecule has 0 radical (unpaired) electrons. The van der Waals surface area contributed by atoms with E-state index in [9.17, 15) is 4.79 Å². The maximum atomic E-state index is 12.4. The van der Waals surface area contributed by atoms with Crippen LogP contribution < -0.4 is 5.32 Å². The Bertz CT molecular complexity index is 268. The Labute approximate surface area is 103 Å². The fraction of sp³-hybridized carbons (Fsp3) is 0.917. The third-order valence-corrected chi connectivity index (χ3v) is 3.12. The fourth-order valence-corrected chi connectivity index (χ4v) is 2.09. The summed E-state index contributed by atoms with van der Waals surface area (Å²) in [5.74, 6) is 0.0635. The number of carbonyl (C=O) groups is 1. The lowest BCUT2D eigenvalue weighted by Gasteiger charge is -2.41. The molecule has 0 aromatic carbocycles. The molecule has 5 heteroatoms. The largest absolute Gasteiger partial charge is 0.394 e. The van der Waals surface area contributed by atoms with Crippen LogP contribution in [0.5, 0.6) is 0 Å². The number of hydrogen-bond donors (Lipinski definition) is 2. The molecule has 0 bridgehead atoms. The Morgan fingerprint density at radius 3 is 2.76 bits per heavy atom. The lowest BCUT2D eigenvalue weighted by Crippen LogP contribution is -2.60. The van der Waals surface area contributed by atoms with Gasteiger partial charge in [-0.05, 0) is 27.3 Å². The molecule has 0 aromatic rings. The van der Waals surface area contributed by atoms with Gasteiger partial charge in [0.1, 0.15) is 0 Å². The minimum absolute atomic E-state index is 0.0435. The smallest absolute Gasteiger partial charge is 0.242 e. The highest BCUT2D eigenvalue weighted by molar-refractivity contribution is 5.85. The summed E-state index contributed by atoms with van der Waals surface area (Å²) in [5.41, 5.74) is -0.569. The number of amides is 1. The Morgan fingerprint density at radius 2 is 2.24 bits per heavy atom. The summed E-state index contributed by atoms with van der Waals surface area (Å²) in [5, 5.41) is 12.3. The van der Waals surface area contributed by atoms with Crippen molar-refractivity contribution in [2.24, 2.45) is 0 Å². The van der Waals surface area contributed by atoms with Crippen LogP contribution in [-0.2, 0) is 9.53 Å². The van der Waals surface area contributed by atoms with Crippen molar-refractivity contribution in [2.75, 3.05) is 26.3 Å². The van der Waals surface area contributed by atoms with Crippen molar-refractivity contribution in [2.45, 2.75) is 45.4 Å². The number of aliphatic hydroxyl groups is 1. The van der Waals surface area contributed by atoms with E-state index in [4.69, 9.17) is 9.84 Å². The molecule has 100 valence electrons. The van der Waals surface area contributed by atoms with Gasteiger partial charge in [-0.15, -0.1) is 0 Å². The van der Waals surface area contributed by atoms with Crippen LogP contribution in [-0.4, -0.2) is 59.9 Å². The van der Waals surface area contributed by atoms with Gasteiger partial charge in [-0.2, -0.15) is 0 Å². The van der Waals surface area contributed by atoms with Crippen molar-refractivity contribution in [3.05, 3.63) is 0 Å². The van der Waals surface area contributed by atoms with Gasteiger partial charge >= 0.3 is 0 Å². The van der Waals surface area contributed by atoms with Crippen LogP contribution in [0.2, 0.25) is 0 Å². The van der Waals surface area contributed by atoms with Gasteiger partial charge in [-0.3, -0.25) is 4.79 Å². The topological polar surface area (TPSA) is 61.8 Å². The van der Waals surface area contributed by atoms with E-state index in [0.29, 0.717) is 13.2 Å². The average Bonchev–Trinajstić information content (AvgIpc) is 2.28. The lowest BCUT2D eigenvalue weighted by molar-refractivity contribution is -0.151. The molecule has 0 saturated carbocycles. The van der Waals surface area contributed by atoms with Crippen LogP contribution in [0.1, 0.15) is 27.7 Å². The van der Waals surface area contributed by atoms with E-state index in [1.54, 1.807) is 4.90 Å². The van der Waals surface area contributed by atoms with Crippen molar-refractivity contribution in [1.29, 1.82) is 0 Å². The van der Waals surface area contributed by atoms with Crippen LogP contribution in [0, 0.1) is 0 Å². The van der Waals surface area contributed by atoms with Crippen molar-refractivity contribution < 1.29 is 14.6 Å². The fourth-order valence-electron chi connectivity index (χ4n) is 2.09. The first-order chi connectivity index (χ1) is 7.92. The lowest BCUT2D eigenvalue weighted by atomic mass is 10.0. The highest BCUT2D eigenvalue weighted by Crippen LogP contribution is 2.17. The summed E-state index contributed by atoms with van der Waals surface area (Å²) >= 11 is 0. The molecule has 1 saturated heterocycles. The van der Waals surface area contributed by atoms with E-state index in [2.05, 4.69) is 5.32 Å². The standard InChI is InChI=1S/C12H24N2O3/c1-5-13-12(3,4)11(16)14-6-10(7-15)17-8-9(14)2/h9-10,13,15H,5-8H2,1-4H3. The number of rotatable bonds is 4. The predicted octanol–water partition coefficient (Wildman–Crippen LogP) is -0.0173. The first-order valence-electron chi connectivity index (χ1n) is 6.21. The van der Waals surface area contributed by atoms with Crippen molar-refractivity contribution >= 4 is 5.91 Å². The van der Waals surface area contributed by atoms with Gasteiger partial charge in [0.25, 0.3) is 0 Å². The Hall–Kier alpha value is -0.650. The van der Waals surface area contributed by atoms with Crippen LogP contribution in [0.3, 0.4) is 0 Å². The molecule has 5 nitrogen and oxygen atoms in total. The Kier molecular flexibility index (Phi) is 4.91. The quantitative estimate of drug-likeness (QED) is 0.730. The first kappa shape index (κ1) is 14.4. The molecular formula is C12H24N2O3. The van der Waals surface area contributed by atoms with E-state index in [1.807, 2.05) is 27.7 Å². The molecule has 1 aliphatic rings. The zero-order valence-electron chi connectivity index (χ0n) is 11.2. The summed E-state index contributed by atoms with van der Waals surface area (Å²) in [7, 11) is 0. The van der Waals surface area contributed by atoms with Gasteiger partial charge in [-0.25, -0.2) is 0 Å². The van der Waals surface area contributed by atoms with E-state index in [-0.39, 0.29) is 24.7 Å². The number of carbonyl (C=O) groups excluding carboxylic acids is 1. The van der Waals surface area contributed by atoms with Gasteiger partial charge in [0, 0.05) is 6.54 Å². The molecular weight excluding hydrogens is 220 g/mol. The molecule has 2 N–H and O–H groups in total. The molecule has 1 heterocycles. The van der Waals surface area contributed by atoms with E-state index >= 15 is 0 Å². The number of nitrogens with one attached hydrogen (secondary N) is 1. The number of aliphatic hydroxyl groups excluding tert-OH is 1. The molecule has 1 amide bonds. The minimum atomic E-state index is -0.569. The van der Waals surface area contributed by atoms with Gasteiger partial charge in [0.2, 0.25) is 5.91 Å². The zero-order valence-corrected chi connectivity index (χ0v) is 11.2. The molecule has 1 aliphatic heterocycles. The molecule has 0 spiro atoms. The zero-order chi connectivity index (χ0) is 13.1. The van der Waals surface area contributed by atoms with Gasteiger partial charge in [-0.1, -0.05) is 6.92 Å². The summed E-state index contributed by atoms with van der Waals surface area (Å²) in [4.78, 5) is 14.2. The normalized spacial score (nSPS) is 26.1. The number of likely N-dealkylation sites (N-methyl/N-ethyl adjacent to an activating group) is 1. The van der Waals surface area contributed by atoms with Crippen LogP contribution in [0.15, 0.2) is 0 Å². The third kappa shape index (κ3) is 3.40. The molecule has 1 fully saturated rings. The number of hydrogen-bond acceptors (Lipinski definition) is 4. The second kappa shape index (κ2) is 5.80. The SMILES string of the molecule is CCNC(C)(C)C(=O)N1CC(CO)OCC1C. The molecule has 17 heavy (non-hydrogen) atoms. The number of morpholine rings is 1. The average molecular weight is 244 g/mol. The molecule has 0 aliphatic carbocycles. The Morgan fingerprint density at radius 1 is 1.59 bits per heavy atom. The molecule has 2 atom stereocenters. The van der Waals surface area contributed by atoms with E-state index in [1.165, 1.54) is 0 Å². The highest BCUT2D eigenvalue weighted by atomic mass is 16.5. The van der Waals surface area contributed by atoms with Gasteiger partial charge in [0.15, 0.2) is 0 Å². The summed E-state index contributed by atoms with van der Waals surface area (Å²) < 4.78 is 5.43. The van der Waals surface area contributed by atoms with Gasteiger partial charge in [0.05, 0.1) is 30.9 Å². The van der Waals surface area contributed by atoms with Crippen LogP contribution >= 0.6 is 0 Å². The summed E-state index contributed by atoms with van der Waals surface area (Å²) in [6.45, 7) is 9.37. The maximum Gasteiger partial charge on any atom is 0.242 e. The van der Waals surface area contributed by atoms with Crippen molar-refractivity contribution in [1.82, 2.24) is 10.2 Å². The minimum Gasteiger partial charge on any atom is -0.394 e. The van der Waals surface area contributed by atoms with Crippen molar-refractivity contribution in [3.63, 3.8) is 0 Å². The van der Waals surface area contributed by atoms with Crippen molar-refractivity contribution in [3.8, 4) is 0 Å². The third-order valence-electron chi connectivity index (χ3n) is 3.12. The monoisotopic (exact) mass is 244 g/mol. The first-order valence-corrected chi connectivity index (χ1v) is 6.21. The summed E-state index contributed by atoms with van der Waals surface area (Å²) in [6.07, 6.45) is -0.257. The predicted molar refractivity (Wildman–Crippen MR) is 65.8 cm³/mol. The second-order valence-electron chi connectivity index (χ2n) is 5.10. The second-order valence-corrected chi connectivity index (χ2v) is 5.10. The molecule has 2 unspecified atom stereocenters. The van der Waals surface area contributed by atoms with Crippen LogP contribution in [0.4, 0.5) is 0 Å². The Balaban J connectivity index is 2.72. The molecule has 1 rings (SSSR count). The van der Waals surface area contributed by atoms with E-state index in [0.717, 1.165) is 6.54 Å². The maximum absolute atomic E-state index is 12.4. The van der Waals surface area contributed by atoms with Gasteiger partial charge < -0.3 is 20.1 Å².